The quantitative estimate of drug-likeness (QED) is 0.172. The smallest absolute Gasteiger partial charge is 0.295 e. The second-order valence-electron chi connectivity index (χ2n) is 9.69. The van der Waals surface area contributed by atoms with Crippen molar-refractivity contribution >= 4 is 17.4 Å². The predicted molar refractivity (Wildman–Crippen MR) is 150 cm³/mol. The van der Waals surface area contributed by atoms with Crippen molar-refractivity contribution in [2.24, 2.45) is 0 Å². The van der Waals surface area contributed by atoms with E-state index in [1.807, 2.05) is 55.5 Å². The standard InChI is InChI=1S/C33H30N2O4/c1-3-23-9-11-26(12-10-23)30-29(32(37)33(38)35(30)20-25-8-5-17-34-19-25)31(36)27-13-15-28(16-14-27)39-21-24-7-4-6-22(2)18-24/h4-19,30,36H,3,20-21H2,1-2H3/b31-29-. The number of likely N-dealkylation sites (tertiary alicyclic amines) is 1. The molecule has 39 heavy (non-hydrogen) atoms. The molecule has 5 rings (SSSR count). The average molecular weight is 519 g/mol. The van der Waals surface area contributed by atoms with Crippen molar-refractivity contribution in [1.82, 2.24) is 9.88 Å². The van der Waals surface area contributed by atoms with Crippen LogP contribution in [0.2, 0.25) is 0 Å². The number of hydrogen-bond acceptors (Lipinski definition) is 5. The van der Waals surface area contributed by atoms with E-state index < -0.39 is 17.7 Å². The van der Waals surface area contributed by atoms with Crippen molar-refractivity contribution in [1.29, 1.82) is 0 Å². The normalized spacial score (nSPS) is 16.5. The van der Waals surface area contributed by atoms with E-state index in [4.69, 9.17) is 4.74 Å². The number of amides is 1. The molecule has 1 unspecified atom stereocenters. The molecule has 0 aliphatic carbocycles. The average Bonchev–Trinajstić information content (AvgIpc) is 3.21. The fourth-order valence-electron chi connectivity index (χ4n) is 4.85. The van der Waals surface area contributed by atoms with Gasteiger partial charge < -0.3 is 14.7 Å². The van der Waals surface area contributed by atoms with E-state index in [-0.39, 0.29) is 17.9 Å². The van der Waals surface area contributed by atoms with E-state index in [2.05, 4.69) is 18.0 Å². The largest absolute Gasteiger partial charge is 0.507 e. The lowest BCUT2D eigenvalue weighted by Gasteiger charge is -2.25. The lowest BCUT2D eigenvalue weighted by molar-refractivity contribution is -0.140. The summed E-state index contributed by atoms with van der Waals surface area (Å²) in [5.74, 6) is -0.933. The third-order valence-electron chi connectivity index (χ3n) is 6.94. The number of ether oxygens (including phenoxy) is 1. The van der Waals surface area contributed by atoms with Crippen molar-refractivity contribution in [3.63, 3.8) is 0 Å². The number of aliphatic hydroxyl groups is 1. The second-order valence-corrected chi connectivity index (χ2v) is 9.69. The molecule has 0 spiro atoms. The first kappa shape index (κ1) is 25.9. The summed E-state index contributed by atoms with van der Waals surface area (Å²) in [6.45, 7) is 4.71. The zero-order valence-electron chi connectivity index (χ0n) is 22.0. The Kier molecular flexibility index (Phi) is 7.55. The van der Waals surface area contributed by atoms with Crippen molar-refractivity contribution in [2.45, 2.75) is 39.5 Å². The number of ketones is 1. The Morgan fingerprint density at radius 3 is 2.33 bits per heavy atom. The third-order valence-corrected chi connectivity index (χ3v) is 6.94. The Balaban J connectivity index is 1.47. The van der Waals surface area contributed by atoms with E-state index in [1.165, 1.54) is 4.90 Å². The molecule has 1 atom stereocenters. The zero-order valence-corrected chi connectivity index (χ0v) is 22.0. The summed E-state index contributed by atoms with van der Waals surface area (Å²) in [5, 5.41) is 11.4. The highest BCUT2D eigenvalue weighted by molar-refractivity contribution is 6.46. The Hall–Kier alpha value is -4.71. The van der Waals surface area contributed by atoms with Crippen molar-refractivity contribution in [3.8, 4) is 5.75 Å². The van der Waals surface area contributed by atoms with Crippen LogP contribution < -0.4 is 4.74 Å². The first-order chi connectivity index (χ1) is 18.9. The fraction of sp³-hybridized carbons (Fsp3) is 0.182. The van der Waals surface area contributed by atoms with Crippen molar-refractivity contribution in [2.75, 3.05) is 0 Å². The number of pyridine rings is 1. The zero-order chi connectivity index (χ0) is 27.4. The van der Waals surface area contributed by atoms with Gasteiger partial charge in [0.05, 0.1) is 11.6 Å². The van der Waals surface area contributed by atoms with Gasteiger partial charge in [-0.25, -0.2) is 0 Å². The summed E-state index contributed by atoms with van der Waals surface area (Å²) in [7, 11) is 0. The van der Waals surface area contributed by atoms with Crippen LogP contribution in [0.15, 0.2) is 103 Å². The topological polar surface area (TPSA) is 79.7 Å². The summed E-state index contributed by atoms with van der Waals surface area (Å²) in [6, 6.07) is 25.7. The maximum absolute atomic E-state index is 13.3. The summed E-state index contributed by atoms with van der Waals surface area (Å²) in [5.41, 5.74) is 5.43. The minimum atomic E-state index is -0.728. The second kappa shape index (κ2) is 11.4. The van der Waals surface area contributed by atoms with Crippen LogP contribution in [0.4, 0.5) is 0 Å². The van der Waals surface area contributed by atoms with Gasteiger partial charge in [0.2, 0.25) is 0 Å². The molecule has 4 aromatic rings. The third kappa shape index (κ3) is 5.60. The maximum Gasteiger partial charge on any atom is 0.295 e. The van der Waals surface area contributed by atoms with Crippen LogP contribution in [-0.2, 0) is 29.2 Å². The molecule has 6 nitrogen and oxygen atoms in total. The van der Waals surface area contributed by atoms with Gasteiger partial charge in [0.1, 0.15) is 18.1 Å². The van der Waals surface area contributed by atoms with Gasteiger partial charge in [-0.15, -0.1) is 0 Å². The monoisotopic (exact) mass is 518 g/mol. The lowest BCUT2D eigenvalue weighted by Crippen LogP contribution is -2.29. The molecule has 1 aliphatic rings. The van der Waals surface area contributed by atoms with Crippen LogP contribution in [0.25, 0.3) is 5.76 Å². The lowest BCUT2D eigenvalue weighted by atomic mass is 9.94. The van der Waals surface area contributed by atoms with Gasteiger partial charge in [0.15, 0.2) is 0 Å². The van der Waals surface area contributed by atoms with E-state index in [0.717, 1.165) is 34.2 Å². The molecule has 1 saturated heterocycles. The molecule has 0 bridgehead atoms. The number of aliphatic hydroxyl groups excluding tert-OH is 1. The molecule has 196 valence electrons. The molecule has 1 aromatic heterocycles. The van der Waals surface area contributed by atoms with Crippen LogP contribution in [-0.4, -0.2) is 26.7 Å². The molecule has 0 saturated carbocycles. The fourth-order valence-corrected chi connectivity index (χ4v) is 4.85. The van der Waals surface area contributed by atoms with Crippen LogP contribution in [0, 0.1) is 6.92 Å². The molecule has 1 fully saturated rings. The van der Waals surface area contributed by atoms with Crippen molar-refractivity contribution < 1.29 is 19.4 Å². The molecule has 1 N–H and O–H groups in total. The Morgan fingerprint density at radius 2 is 1.67 bits per heavy atom. The molecule has 2 heterocycles. The Labute approximate surface area is 228 Å². The molecule has 3 aromatic carbocycles. The van der Waals surface area contributed by atoms with E-state index in [1.54, 1.807) is 42.7 Å². The Bertz CT molecular complexity index is 1510. The molecule has 0 radical (unpaired) electrons. The summed E-state index contributed by atoms with van der Waals surface area (Å²) in [6.07, 6.45) is 4.20. The van der Waals surface area contributed by atoms with Crippen LogP contribution in [0.3, 0.4) is 0 Å². The van der Waals surface area contributed by atoms with Gasteiger partial charge in [-0.1, -0.05) is 67.1 Å². The number of carbonyl (C=O) groups is 2. The van der Waals surface area contributed by atoms with Gasteiger partial charge in [-0.2, -0.15) is 0 Å². The minimum Gasteiger partial charge on any atom is -0.507 e. The van der Waals surface area contributed by atoms with Crippen molar-refractivity contribution in [3.05, 3.63) is 136 Å². The molecule has 1 aliphatic heterocycles. The molecular formula is C33H30N2O4. The van der Waals surface area contributed by atoms with Gasteiger partial charge in [0, 0.05) is 24.5 Å². The number of rotatable bonds is 8. The molecule has 6 heteroatoms. The highest BCUT2D eigenvalue weighted by Gasteiger charge is 2.46. The summed E-state index contributed by atoms with van der Waals surface area (Å²) < 4.78 is 5.91. The number of nitrogens with zero attached hydrogens (tertiary/aromatic N) is 2. The first-order valence-corrected chi connectivity index (χ1v) is 13.0. The highest BCUT2D eigenvalue weighted by Crippen LogP contribution is 2.40. The highest BCUT2D eigenvalue weighted by atomic mass is 16.5. The van der Waals surface area contributed by atoms with Gasteiger partial charge in [-0.05, 0) is 65.9 Å². The Morgan fingerprint density at radius 1 is 0.923 bits per heavy atom. The summed E-state index contributed by atoms with van der Waals surface area (Å²) >= 11 is 0. The van der Waals surface area contributed by atoms with E-state index in [0.29, 0.717) is 17.9 Å². The van der Waals surface area contributed by atoms with Crippen LogP contribution in [0.1, 0.15) is 46.3 Å². The van der Waals surface area contributed by atoms with Crippen LogP contribution in [0.5, 0.6) is 5.75 Å². The van der Waals surface area contributed by atoms with E-state index in [9.17, 15) is 14.7 Å². The number of hydrogen-bond donors (Lipinski definition) is 1. The predicted octanol–water partition coefficient (Wildman–Crippen LogP) is 6.15. The number of carbonyl (C=O) groups excluding carboxylic acids is 2. The number of benzene rings is 3. The summed E-state index contributed by atoms with van der Waals surface area (Å²) in [4.78, 5) is 32.2. The van der Waals surface area contributed by atoms with Gasteiger partial charge in [-0.3, -0.25) is 14.6 Å². The van der Waals surface area contributed by atoms with Gasteiger partial charge in [0.25, 0.3) is 11.7 Å². The first-order valence-electron chi connectivity index (χ1n) is 13.0. The SMILES string of the molecule is CCc1ccc(C2/C(=C(/O)c3ccc(OCc4cccc(C)c4)cc3)C(=O)C(=O)N2Cc2cccnc2)cc1. The minimum absolute atomic E-state index is 0.0709. The molecule has 1 amide bonds. The molecular weight excluding hydrogens is 488 g/mol. The maximum atomic E-state index is 13.3. The number of aromatic nitrogens is 1. The van der Waals surface area contributed by atoms with E-state index >= 15 is 0 Å². The number of Topliss-reactive ketones (excluding diaryl/α,β-unsaturated/α-hetero) is 1. The van der Waals surface area contributed by atoms with Gasteiger partial charge >= 0.3 is 0 Å². The number of aryl methyl sites for hydroxylation is 2. The van der Waals surface area contributed by atoms with Crippen LogP contribution >= 0.6 is 0 Å².